The Morgan fingerprint density at radius 3 is 2.89 bits per heavy atom. The second kappa shape index (κ2) is 6.96. The number of anilines is 1. The van der Waals surface area contributed by atoms with Crippen molar-refractivity contribution < 1.29 is 4.79 Å². The van der Waals surface area contributed by atoms with Crippen LogP contribution >= 0.6 is 0 Å². The summed E-state index contributed by atoms with van der Waals surface area (Å²) >= 11 is 0. The maximum atomic E-state index is 11.8. The smallest absolute Gasteiger partial charge is 0.254 e. The van der Waals surface area contributed by atoms with E-state index in [1.165, 1.54) is 6.20 Å². The number of nitrogens with zero attached hydrogens (tertiary/aromatic N) is 2. The van der Waals surface area contributed by atoms with Crippen molar-refractivity contribution in [1.82, 2.24) is 15.2 Å². The summed E-state index contributed by atoms with van der Waals surface area (Å²) in [6, 6.07) is 2.15. The van der Waals surface area contributed by atoms with Crippen LogP contribution in [0.3, 0.4) is 0 Å². The summed E-state index contributed by atoms with van der Waals surface area (Å²) in [5.74, 6) is -0.159. The van der Waals surface area contributed by atoms with Crippen LogP contribution in [0.2, 0.25) is 0 Å². The van der Waals surface area contributed by atoms with E-state index in [-0.39, 0.29) is 5.91 Å². The zero-order valence-electron chi connectivity index (χ0n) is 11.3. The Kier molecular flexibility index (Phi) is 5.58. The van der Waals surface area contributed by atoms with E-state index in [0.29, 0.717) is 23.8 Å². The predicted molar refractivity (Wildman–Crippen MR) is 73.4 cm³/mol. The van der Waals surface area contributed by atoms with E-state index in [4.69, 9.17) is 5.73 Å². The number of carbonyl (C=O) groups is 1. The Balaban J connectivity index is 2.32. The van der Waals surface area contributed by atoms with Gasteiger partial charge < -0.3 is 16.0 Å². The topological polar surface area (TPSA) is 71.2 Å². The Hall–Kier alpha value is -1.62. The van der Waals surface area contributed by atoms with E-state index in [9.17, 15) is 4.79 Å². The van der Waals surface area contributed by atoms with Crippen LogP contribution in [0.4, 0.5) is 5.69 Å². The van der Waals surface area contributed by atoms with Crippen molar-refractivity contribution in [2.45, 2.75) is 26.3 Å². The predicted octanol–water partition coefficient (Wildman–Crippen LogP) is 1.12. The zero-order chi connectivity index (χ0) is 13.5. The van der Waals surface area contributed by atoms with Gasteiger partial charge in [-0.2, -0.15) is 0 Å². The van der Waals surface area contributed by atoms with Gasteiger partial charge >= 0.3 is 0 Å². The molecule has 0 fully saturated rings. The third-order valence-corrected chi connectivity index (χ3v) is 2.95. The fourth-order valence-electron chi connectivity index (χ4n) is 1.48. The molecule has 0 aliphatic rings. The molecule has 0 atom stereocenters. The number of hydrogen-bond donors (Lipinski definition) is 2. The fraction of sp³-hybridized carbons (Fsp3) is 0.538. The van der Waals surface area contributed by atoms with Crippen molar-refractivity contribution in [3.8, 4) is 0 Å². The molecule has 0 aromatic carbocycles. The Labute approximate surface area is 108 Å². The maximum Gasteiger partial charge on any atom is 0.254 e. The standard InChI is InChI=1S/C13H22N4O/c1-10(2)17(3)8-4-6-16-13(18)11-9-15-7-5-12(11)14/h5,7,9-10H,4,6,8H2,1-3H3,(H2,14,15)(H,16,18). The highest BCUT2D eigenvalue weighted by atomic mass is 16.1. The summed E-state index contributed by atoms with van der Waals surface area (Å²) < 4.78 is 0. The second-order valence-electron chi connectivity index (χ2n) is 4.65. The molecule has 3 N–H and O–H groups in total. The number of nitrogens with two attached hydrogens (primary N) is 1. The van der Waals surface area contributed by atoms with Crippen LogP contribution in [0.1, 0.15) is 30.6 Å². The largest absolute Gasteiger partial charge is 0.398 e. The van der Waals surface area contributed by atoms with Crippen molar-refractivity contribution in [2.24, 2.45) is 0 Å². The Morgan fingerprint density at radius 1 is 1.56 bits per heavy atom. The summed E-state index contributed by atoms with van der Waals surface area (Å²) in [6.07, 6.45) is 3.98. The summed E-state index contributed by atoms with van der Waals surface area (Å²) in [5, 5.41) is 2.85. The lowest BCUT2D eigenvalue weighted by Gasteiger charge is -2.20. The minimum Gasteiger partial charge on any atom is -0.398 e. The molecule has 0 saturated heterocycles. The quantitative estimate of drug-likeness (QED) is 0.742. The maximum absolute atomic E-state index is 11.8. The lowest BCUT2D eigenvalue weighted by atomic mass is 10.2. The van der Waals surface area contributed by atoms with Crippen molar-refractivity contribution in [3.05, 3.63) is 24.0 Å². The summed E-state index contributed by atoms with van der Waals surface area (Å²) in [5.41, 5.74) is 6.60. The van der Waals surface area contributed by atoms with Gasteiger partial charge in [-0.1, -0.05) is 0 Å². The third-order valence-electron chi connectivity index (χ3n) is 2.95. The first-order valence-electron chi connectivity index (χ1n) is 6.20. The lowest BCUT2D eigenvalue weighted by Crippen LogP contribution is -2.31. The van der Waals surface area contributed by atoms with Gasteiger partial charge in [0.2, 0.25) is 0 Å². The van der Waals surface area contributed by atoms with Crippen LogP contribution in [0.25, 0.3) is 0 Å². The summed E-state index contributed by atoms with van der Waals surface area (Å²) in [7, 11) is 2.07. The number of rotatable bonds is 6. The molecule has 1 rings (SSSR count). The number of aromatic nitrogens is 1. The average Bonchev–Trinajstić information content (AvgIpc) is 2.34. The molecule has 0 aliphatic carbocycles. The Bertz CT molecular complexity index is 392. The zero-order valence-corrected chi connectivity index (χ0v) is 11.3. The van der Waals surface area contributed by atoms with E-state index in [0.717, 1.165) is 13.0 Å². The molecular formula is C13H22N4O. The first kappa shape index (κ1) is 14.4. The van der Waals surface area contributed by atoms with Crippen molar-refractivity contribution in [1.29, 1.82) is 0 Å². The molecule has 0 bridgehead atoms. The van der Waals surface area contributed by atoms with Crippen LogP contribution in [0.15, 0.2) is 18.5 Å². The van der Waals surface area contributed by atoms with E-state index in [2.05, 4.69) is 36.1 Å². The first-order chi connectivity index (χ1) is 8.52. The van der Waals surface area contributed by atoms with Crippen LogP contribution in [0, 0.1) is 0 Å². The molecule has 1 heterocycles. The molecule has 0 aliphatic heterocycles. The highest BCUT2D eigenvalue weighted by molar-refractivity contribution is 5.98. The summed E-state index contributed by atoms with van der Waals surface area (Å²) in [4.78, 5) is 17.9. The number of amides is 1. The fourth-order valence-corrected chi connectivity index (χ4v) is 1.48. The number of nitrogen functional groups attached to an aromatic ring is 1. The minimum atomic E-state index is -0.159. The molecule has 0 unspecified atom stereocenters. The van der Waals surface area contributed by atoms with Crippen LogP contribution in [0.5, 0.6) is 0 Å². The van der Waals surface area contributed by atoms with Gasteiger partial charge in [0.1, 0.15) is 0 Å². The summed E-state index contributed by atoms with van der Waals surface area (Å²) in [6.45, 7) is 5.90. The van der Waals surface area contributed by atoms with Gasteiger partial charge in [0.05, 0.1) is 5.56 Å². The van der Waals surface area contributed by atoms with Gasteiger partial charge in [0, 0.05) is 30.7 Å². The van der Waals surface area contributed by atoms with E-state index < -0.39 is 0 Å². The number of nitrogens with one attached hydrogen (secondary N) is 1. The molecular weight excluding hydrogens is 228 g/mol. The van der Waals surface area contributed by atoms with E-state index in [1.807, 2.05) is 0 Å². The normalized spacial score (nSPS) is 10.9. The first-order valence-corrected chi connectivity index (χ1v) is 6.20. The molecule has 0 saturated carbocycles. The molecule has 5 heteroatoms. The van der Waals surface area contributed by atoms with Gasteiger partial charge in [0.15, 0.2) is 0 Å². The van der Waals surface area contributed by atoms with Crippen molar-refractivity contribution >= 4 is 11.6 Å². The molecule has 100 valence electrons. The van der Waals surface area contributed by atoms with E-state index >= 15 is 0 Å². The molecule has 0 spiro atoms. The number of pyridine rings is 1. The van der Waals surface area contributed by atoms with Crippen LogP contribution in [-0.4, -0.2) is 42.0 Å². The second-order valence-corrected chi connectivity index (χ2v) is 4.65. The van der Waals surface area contributed by atoms with Gasteiger partial charge in [-0.3, -0.25) is 9.78 Å². The van der Waals surface area contributed by atoms with Gasteiger partial charge in [-0.05, 0) is 39.9 Å². The SMILES string of the molecule is CC(C)N(C)CCCNC(=O)c1cnccc1N. The van der Waals surface area contributed by atoms with E-state index in [1.54, 1.807) is 12.3 Å². The number of carbonyl (C=O) groups excluding carboxylic acids is 1. The molecule has 18 heavy (non-hydrogen) atoms. The molecule has 5 nitrogen and oxygen atoms in total. The van der Waals surface area contributed by atoms with Gasteiger partial charge in [0.25, 0.3) is 5.91 Å². The lowest BCUT2D eigenvalue weighted by molar-refractivity contribution is 0.0952. The molecule has 1 aromatic rings. The van der Waals surface area contributed by atoms with Crippen LogP contribution in [-0.2, 0) is 0 Å². The Morgan fingerprint density at radius 2 is 2.28 bits per heavy atom. The van der Waals surface area contributed by atoms with Crippen LogP contribution < -0.4 is 11.1 Å². The molecule has 1 aromatic heterocycles. The van der Waals surface area contributed by atoms with Gasteiger partial charge in [-0.25, -0.2) is 0 Å². The average molecular weight is 250 g/mol. The molecule has 1 amide bonds. The minimum absolute atomic E-state index is 0.159. The van der Waals surface area contributed by atoms with Crippen molar-refractivity contribution in [3.63, 3.8) is 0 Å². The van der Waals surface area contributed by atoms with Crippen molar-refractivity contribution in [2.75, 3.05) is 25.9 Å². The van der Waals surface area contributed by atoms with Gasteiger partial charge in [-0.15, -0.1) is 0 Å². The molecule has 0 radical (unpaired) electrons. The number of hydrogen-bond acceptors (Lipinski definition) is 4. The highest BCUT2D eigenvalue weighted by Gasteiger charge is 2.09. The highest BCUT2D eigenvalue weighted by Crippen LogP contribution is 2.07. The monoisotopic (exact) mass is 250 g/mol. The third kappa shape index (κ3) is 4.33.